The molecule has 0 aliphatic carbocycles. The van der Waals surface area contributed by atoms with E-state index >= 15 is 0 Å². The van der Waals surface area contributed by atoms with Crippen molar-refractivity contribution in [2.45, 2.75) is 62.9 Å². The van der Waals surface area contributed by atoms with Crippen molar-refractivity contribution >= 4 is 23.2 Å². The van der Waals surface area contributed by atoms with Crippen LogP contribution in [0.3, 0.4) is 0 Å². The number of nitrogens with zero attached hydrogens (tertiary/aromatic N) is 4. The molecule has 0 saturated carbocycles. The topological polar surface area (TPSA) is 87.9 Å². The highest BCUT2D eigenvalue weighted by Crippen LogP contribution is 2.42. The quantitative estimate of drug-likeness (QED) is 0.219. The normalized spacial score (nSPS) is 24.5. The standard InChI is InChI=1S/C34H34ClF3N4O5/c1-34(2,3)21-12-11-20(35)15-25(21)41(4)32(43)31-30(44-5)28(29-26(46-31)17-45-33(47-29)18-9-7-6-8-10-18)42-16-24(39-40-42)19-13-22(36)27(38)23(37)14-19/h6-16,26,28-31,33H,17H2,1-5H3/t26-,28+,29+,30-,31-,33?/m1/s1. The van der Waals surface area contributed by atoms with Gasteiger partial charge in [-0.3, -0.25) is 4.79 Å². The summed E-state index contributed by atoms with van der Waals surface area (Å²) in [6.45, 7) is 6.18. The van der Waals surface area contributed by atoms with Gasteiger partial charge in [-0.05, 0) is 35.2 Å². The molecule has 3 aromatic carbocycles. The van der Waals surface area contributed by atoms with Crippen LogP contribution >= 0.6 is 11.6 Å². The molecule has 4 aromatic rings. The molecule has 47 heavy (non-hydrogen) atoms. The zero-order valence-corrected chi connectivity index (χ0v) is 27.1. The first kappa shape index (κ1) is 33.1. The number of amides is 1. The third-order valence-electron chi connectivity index (χ3n) is 8.49. The van der Waals surface area contributed by atoms with Crippen LogP contribution in [0.2, 0.25) is 5.02 Å². The molecule has 3 heterocycles. The van der Waals surface area contributed by atoms with Crippen molar-refractivity contribution in [2.75, 3.05) is 25.7 Å². The number of fused-ring (bicyclic) bond motifs is 1. The van der Waals surface area contributed by atoms with Gasteiger partial charge in [-0.1, -0.05) is 74.0 Å². The Labute approximate surface area is 275 Å². The lowest BCUT2D eigenvalue weighted by Crippen LogP contribution is -2.63. The summed E-state index contributed by atoms with van der Waals surface area (Å²) in [6, 6.07) is 15.6. The second-order valence-electron chi connectivity index (χ2n) is 12.6. The Bertz CT molecular complexity index is 1750. The highest BCUT2D eigenvalue weighted by molar-refractivity contribution is 6.31. The summed E-state index contributed by atoms with van der Waals surface area (Å²) in [5.41, 5.74) is 2.00. The van der Waals surface area contributed by atoms with Crippen LogP contribution in [-0.2, 0) is 29.2 Å². The fourth-order valence-corrected chi connectivity index (χ4v) is 6.29. The van der Waals surface area contributed by atoms with E-state index in [2.05, 4.69) is 10.3 Å². The lowest BCUT2D eigenvalue weighted by molar-refractivity contribution is -0.314. The first-order valence-electron chi connectivity index (χ1n) is 15.0. The number of carbonyl (C=O) groups is 1. The van der Waals surface area contributed by atoms with Crippen molar-refractivity contribution < 1.29 is 36.9 Å². The van der Waals surface area contributed by atoms with E-state index in [0.29, 0.717) is 10.7 Å². The molecular weight excluding hydrogens is 637 g/mol. The largest absolute Gasteiger partial charge is 0.376 e. The maximum Gasteiger partial charge on any atom is 0.258 e. The maximum absolute atomic E-state index is 14.4. The van der Waals surface area contributed by atoms with Crippen LogP contribution in [0.1, 0.15) is 44.2 Å². The number of methoxy groups -OCH3 is 1. The van der Waals surface area contributed by atoms with Gasteiger partial charge in [0.2, 0.25) is 0 Å². The van der Waals surface area contributed by atoms with Crippen LogP contribution in [0.15, 0.2) is 66.9 Å². The van der Waals surface area contributed by atoms with E-state index < -0.39 is 60.1 Å². The number of carbonyl (C=O) groups excluding carboxylic acids is 1. The van der Waals surface area contributed by atoms with Crippen LogP contribution in [0.4, 0.5) is 18.9 Å². The van der Waals surface area contributed by atoms with E-state index in [9.17, 15) is 18.0 Å². The average Bonchev–Trinajstić information content (AvgIpc) is 3.55. The van der Waals surface area contributed by atoms with Gasteiger partial charge < -0.3 is 23.8 Å². The number of halogens is 4. The van der Waals surface area contributed by atoms with Gasteiger partial charge in [-0.15, -0.1) is 5.10 Å². The minimum atomic E-state index is -1.59. The Morgan fingerprint density at radius 2 is 1.74 bits per heavy atom. The molecule has 6 atom stereocenters. The van der Waals surface area contributed by atoms with Crippen molar-refractivity contribution in [3.63, 3.8) is 0 Å². The zero-order chi connectivity index (χ0) is 33.6. The Kier molecular flexibility index (Phi) is 9.16. The minimum absolute atomic E-state index is 0.0247. The zero-order valence-electron chi connectivity index (χ0n) is 26.4. The molecule has 0 radical (unpaired) electrons. The van der Waals surface area contributed by atoms with Crippen LogP contribution in [0.25, 0.3) is 11.3 Å². The van der Waals surface area contributed by atoms with E-state index in [0.717, 1.165) is 23.3 Å². The summed E-state index contributed by atoms with van der Waals surface area (Å²) in [5.74, 6) is -4.73. The first-order valence-corrected chi connectivity index (χ1v) is 15.4. The molecule has 1 amide bonds. The summed E-state index contributed by atoms with van der Waals surface area (Å²) in [5, 5.41) is 8.85. The Morgan fingerprint density at radius 3 is 2.40 bits per heavy atom. The number of anilines is 1. The Hall–Kier alpha value is -3.81. The Balaban J connectivity index is 1.40. The van der Waals surface area contributed by atoms with Crippen LogP contribution in [-0.4, -0.2) is 66.1 Å². The molecule has 13 heteroatoms. The molecular formula is C34H34ClF3N4O5. The van der Waals surface area contributed by atoms with Gasteiger partial charge in [-0.25, -0.2) is 17.9 Å². The monoisotopic (exact) mass is 670 g/mol. The van der Waals surface area contributed by atoms with E-state index in [4.69, 9.17) is 30.5 Å². The summed E-state index contributed by atoms with van der Waals surface area (Å²) >= 11 is 6.38. The molecule has 1 aromatic heterocycles. The average molecular weight is 671 g/mol. The number of hydrogen-bond donors (Lipinski definition) is 0. The molecule has 2 aliphatic heterocycles. The number of hydrogen-bond acceptors (Lipinski definition) is 7. The van der Waals surface area contributed by atoms with Gasteiger partial charge in [0.05, 0.1) is 12.8 Å². The maximum atomic E-state index is 14.4. The lowest BCUT2D eigenvalue weighted by Gasteiger charge is -2.49. The summed E-state index contributed by atoms with van der Waals surface area (Å²) in [6.07, 6.45) is -2.97. The Morgan fingerprint density at radius 1 is 1.04 bits per heavy atom. The number of rotatable bonds is 6. The summed E-state index contributed by atoms with van der Waals surface area (Å²) < 4.78 is 68.3. The molecule has 9 nitrogen and oxygen atoms in total. The number of likely N-dealkylation sites (N-methyl/N-ethyl adjacent to an activating group) is 1. The van der Waals surface area contributed by atoms with Gasteiger partial charge in [-0.2, -0.15) is 0 Å². The van der Waals surface area contributed by atoms with E-state index in [1.54, 1.807) is 19.2 Å². The molecule has 1 unspecified atom stereocenters. The van der Waals surface area contributed by atoms with Gasteiger partial charge in [0.15, 0.2) is 29.8 Å². The minimum Gasteiger partial charge on any atom is -0.376 e. The second-order valence-corrected chi connectivity index (χ2v) is 13.0. The SMILES string of the molecule is CO[C@@H]1[C@@H](n2cc(-c3cc(F)c(F)c(F)c3)nn2)[C@H]2OC(c3ccccc3)OC[C@H]2O[C@H]1C(=O)N(C)c1cc(Cl)ccc1C(C)(C)C. The van der Waals surface area contributed by atoms with Gasteiger partial charge in [0.1, 0.15) is 30.0 Å². The smallest absolute Gasteiger partial charge is 0.258 e. The van der Waals surface area contributed by atoms with E-state index in [-0.39, 0.29) is 23.3 Å². The molecule has 0 N–H and O–H groups in total. The third kappa shape index (κ3) is 6.40. The highest BCUT2D eigenvalue weighted by atomic mass is 35.5. The van der Waals surface area contributed by atoms with Crippen molar-refractivity contribution in [1.82, 2.24) is 15.0 Å². The highest BCUT2D eigenvalue weighted by Gasteiger charge is 2.54. The fourth-order valence-electron chi connectivity index (χ4n) is 6.13. The molecule has 6 rings (SSSR count). The molecule has 0 bridgehead atoms. The second kappa shape index (κ2) is 13.0. The van der Waals surface area contributed by atoms with Gasteiger partial charge in [0.25, 0.3) is 5.91 Å². The number of benzene rings is 3. The van der Waals surface area contributed by atoms with Crippen molar-refractivity contribution in [3.05, 3.63) is 100 Å². The van der Waals surface area contributed by atoms with Crippen LogP contribution in [0, 0.1) is 17.5 Å². The predicted molar refractivity (Wildman–Crippen MR) is 167 cm³/mol. The van der Waals surface area contributed by atoms with Crippen LogP contribution < -0.4 is 4.90 Å². The van der Waals surface area contributed by atoms with Crippen molar-refractivity contribution in [2.24, 2.45) is 0 Å². The van der Waals surface area contributed by atoms with Crippen molar-refractivity contribution in [1.29, 1.82) is 0 Å². The summed E-state index contributed by atoms with van der Waals surface area (Å²) in [4.78, 5) is 15.9. The first-order chi connectivity index (χ1) is 22.4. The number of ether oxygens (including phenoxy) is 4. The van der Waals surface area contributed by atoms with Gasteiger partial charge in [0, 0.05) is 36.0 Å². The molecule has 0 spiro atoms. The molecule has 2 saturated heterocycles. The fraction of sp³-hybridized carbons (Fsp3) is 0.382. The lowest BCUT2D eigenvalue weighted by atomic mass is 9.85. The van der Waals surface area contributed by atoms with E-state index in [1.807, 2.05) is 57.2 Å². The molecule has 2 fully saturated rings. The number of aromatic nitrogens is 3. The van der Waals surface area contributed by atoms with Gasteiger partial charge >= 0.3 is 0 Å². The summed E-state index contributed by atoms with van der Waals surface area (Å²) in [7, 11) is 3.09. The molecule has 248 valence electrons. The molecule has 2 aliphatic rings. The van der Waals surface area contributed by atoms with Crippen LogP contribution in [0.5, 0.6) is 0 Å². The van der Waals surface area contributed by atoms with E-state index in [1.165, 1.54) is 22.9 Å². The van der Waals surface area contributed by atoms with Crippen molar-refractivity contribution in [3.8, 4) is 11.3 Å². The third-order valence-corrected chi connectivity index (χ3v) is 8.73. The predicted octanol–water partition coefficient (Wildman–Crippen LogP) is 6.41.